The van der Waals surface area contributed by atoms with E-state index in [1.807, 2.05) is 0 Å². The number of anilines is 2. The van der Waals surface area contributed by atoms with E-state index in [4.69, 9.17) is 10.5 Å². The summed E-state index contributed by atoms with van der Waals surface area (Å²) in [6, 6.07) is 10.6. The van der Waals surface area contributed by atoms with E-state index < -0.39 is 0 Å². The minimum atomic E-state index is -0.136. The number of carbonyl (C=O) groups is 1. The van der Waals surface area contributed by atoms with E-state index in [0.717, 1.165) is 0 Å². The fourth-order valence-corrected chi connectivity index (χ4v) is 1.91. The molecule has 1 heterocycles. The van der Waals surface area contributed by atoms with Crippen LogP contribution < -0.4 is 15.8 Å². The van der Waals surface area contributed by atoms with Gasteiger partial charge in [-0.25, -0.2) is 4.98 Å². The van der Waals surface area contributed by atoms with Gasteiger partial charge in [-0.3, -0.25) is 4.79 Å². The summed E-state index contributed by atoms with van der Waals surface area (Å²) in [4.78, 5) is 15.8. The van der Waals surface area contributed by atoms with Gasteiger partial charge in [0.15, 0.2) is 0 Å². The molecule has 0 unspecified atom stereocenters. The summed E-state index contributed by atoms with van der Waals surface area (Å²) < 4.78 is 6.06. The summed E-state index contributed by atoms with van der Waals surface area (Å²) in [5.41, 5.74) is 6.91. The van der Waals surface area contributed by atoms with Crippen molar-refractivity contribution in [3.8, 4) is 5.75 Å². The molecule has 0 saturated heterocycles. The summed E-state index contributed by atoms with van der Waals surface area (Å²) in [5.74, 6) is 0.517. The van der Waals surface area contributed by atoms with Crippen molar-refractivity contribution in [3.05, 3.63) is 47.2 Å². The lowest BCUT2D eigenvalue weighted by Gasteiger charge is -2.08. The van der Waals surface area contributed by atoms with Crippen molar-refractivity contribution in [3.63, 3.8) is 0 Å². The van der Waals surface area contributed by atoms with Gasteiger partial charge in [0.25, 0.3) is 0 Å². The largest absolute Gasteiger partial charge is 0.493 e. The number of aromatic nitrogens is 1. The third-order valence-corrected chi connectivity index (χ3v) is 3.12. The molecular weight excluding hydrogens is 322 g/mol. The minimum Gasteiger partial charge on any atom is -0.493 e. The van der Waals surface area contributed by atoms with Gasteiger partial charge in [0, 0.05) is 18.0 Å². The Labute approximate surface area is 125 Å². The Kier molecular flexibility index (Phi) is 4.95. The first-order valence-electron chi connectivity index (χ1n) is 6.04. The Morgan fingerprint density at radius 3 is 2.95 bits per heavy atom. The van der Waals surface area contributed by atoms with Crippen LogP contribution in [0.4, 0.5) is 11.4 Å². The van der Waals surface area contributed by atoms with Crippen LogP contribution in [0.1, 0.15) is 6.42 Å². The Morgan fingerprint density at radius 2 is 2.20 bits per heavy atom. The standard InChI is InChI=1S/C14H14BrN3O2/c15-14-12(5-2-7-17-14)18-13(19)6-8-20-11-4-1-3-10(16)9-11/h1-5,7,9H,6,8,16H2,(H,18,19). The average molecular weight is 336 g/mol. The predicted octanol–water partition coefficient (Wildman–Crippen LogP) is 2.83. The number of halogens is 1. The number of nitrogen functional groups attached to an aromatic ring is 1. The zero-order valence-electron chi connectivity index (χ0n) is 10.7. The summed E-state index contributed by atoms with van der Waals surface area (Å²) in [6.07, 6.45) is 1.89. The van der Waals surface area contributed by atoms with Crippen molar-refractivity contribution in [2.24, 2.45) is 0 Å². The Bertz CT molecular complexity index is 604. The van der Waals surface area contributed by atoms with Crippen LogP contribution in [0.15, 0.2) is 47.2 Å². The van der Waals surface area contributed by atoms with E-state index in [0.29, 0.717) is 21.7 Å². The van der Waals surface area contributed by atoms with Crippen LogP contribution >= 0.6 is 15.9 Å². The van der Waals surface area contributed by atoms with Gasteiger partial charge in [-0.15, -0.1) is 0 Å². The zero-order chi connectivity index (χ0) is 14.4. The van der Waals surface area contributed by atoms with Crippen molar-refractivity contribution < 1.29 is 9.53 Å². The first kappa shape index (κ1) is 14.3. The molecule has 0 aliphatic heterocycles. The molecule has 1 aromatic heterocycles. The van der Waals surface area contributed by atoms with Crippen LogP contribution in [-0.2, 0) is 4.79 Å². The first-order chi connectivity index (χ1) is 9.65. The maximum Gasteiger partial charge on any atom is 0.227 e. The minimum absolute atomic E-state index is 0.136. The second-order valence-corrected chi connectivity index (χ2v) is 4.81. The highest BCUT2D eigenvalue weighted by Gasteiger charge is 2.06. The number of hydrogen-bond donors (Lipinski definition) is 2. The molecule has 1 amide bonds. The lowest BCUT2D eigenvalue weighted by molar-refractivity contribution is -0.116. The molecule has 0 fully saturated rings. The van der Waals surface area contributed by atoms with Crippen LogP contribution in [0.3, 0.4) is 0 Å². The molecule has 5 nitrogen and oxygen atoms in total. The van der Waals surface area contributed by atoms with Crippen LogP contribution in [0.5, 0.6) is 5.75 Å². The van der Waals surface area contributed by atoms with E-state index in [-0.39, 0.29) is 18.9 Å². The van der Waals surface area contributed by atoms with Gasteiger partial charge in [-0.2, -0.15) is 0 Å². The fraction of sp³-hybridized carbons (Fsp3) is 0.143. The molecule has 6 heteroatoms. The number of amides is 1. The third kappa shape index (κ3) is 4.24. The van der Waals surface area contributed by atoms with E-state index in [1.54, 1.807) is 42.6 Å². The summed E-state index contributed by atoms with van der Waals surface area (Å²) in [6.45, 7) is 0.285. The second-order valence-electron chi connectivity index (χ2n) is 4.06. The fourth-order valence-electron chi connectivity index (χ4n) is 1.56. The van der Waals surface area contributed by atoms with Crippen LogP contribution in [-0.4, -0.2) is 17.5 Å². The highest BCUT2D eigenvalue weighted by atomic mass is 79.9. The molecule has 1 aromatic carbocycles. The monoisotopic (exact) mass is 335 g/mol. The third-order valence-electron chi connectivity index (χ3n) is 2.49. The predicted molar refractivity (Wildman–Crippen MR) is 81.5 cm³/mol. The van der Waals surface area contributed by atoms with Gasteiger partial charge in [0.2, 0.25) is 5.91 Å². The Balaban J connectivity index is 1.80. The molecule has 104 valence electrons. The highest BCUT2D eigenvalue weighted by Crippen LogP contribution is 2.18. The average Bonchev–Trinajstić information content (AvgIpc) is 2.41. The topological polar surface area (TPSA) is 77.2 Å². The summed E-state index contributed by atoms with van der Waals surface area (Å²) in [7, 11) is 0. The molecule has 0 aliphatic carbocycles. The molecule has 20 heavy (non-hydrogen) atoms. The normalized spacial score (nSPS) is 10.1. The Morgan fingerprint density at radius 1 is 1.35 bits per heavy atom. The van der Waals surface area contributed by atoms with Crippen molar-refractivity contribution in [1.82, 2.24) is 4.98 Å². The second kappa shape index (κ2) is 6.91. The van der Waals surface area contributed by atoms with Gasteiger partial charge in [-0.05, 0) is 40.2 Å². The number of benzene rings is 1. The molecule has 0 radical (unpaired) electrons. The summed E-state index contributed by atoms with van der Waals surface area (Å²) in [5, 5.41) is 2.75. The van der Waals surface area contributed by atoms with Crippen molar-refractivity contribution >= 4 is 33.2 Å². The zero-order valence-corrected chi connectivity index (χ0v) is 12.3. The maximum atomic E-state index is 11.8. The molecule has 2 rings (SSSR count). The molecule has 0 atom stereocenters. The number of nitrogens with zero attached hydrogens (tertiary/aromatic N) is 1. The number of ether oxygens (including phenoxy) is 1. The van der Waals surface area contributed by atoms with Gasteiger partial charge in [-0.1, -0.05) is 6.07 Å². The number of pyridine rings is 1. The van der Waals surface area contributed by atoms with Crippen LogP contribution in [0, 0.1) is 0 Å². The molecule has 2 aromatic rings. The van der Waals surface area contributed by atoms with Gasteiger partial charge in [0.1, 0.15) is 10.4 Å². The van der Waals surface area contributed by atoms with E-state index in [9.17, 15) is 4.79 Å². The van der Waals surface area contributed by atoms with Crippen LogP contribution in [0.2, 0.25) is 0 Å². The van der Waals surface area contributed by atoms with Gasteiger partial charge < -0.3 is 15.8 Å². The number of carbonyl (C=O) groups excluding carboxylic acids is 1. The highest BCUT2D eigenvalue weighted by molar-refractivity contribution is 9.10. The lowest BCUT2D eigenvalue weighted by Crippen LogP contribution is -2.15. The first-order valence-corrected chi connectivity index (χ1v) is 6.83. The van der Waals surface area contributed by atoms with E-state index >= 15 is 0 Å². The summed E-state index contributed by atoms with van der Waals surface area (Å²) >= 11 is 3.27. The number of hydrogen-bond acceptors (Lipinski definition) is 4. The molecule has 0 bridgehead atoms. The molecule has 3 N–H and O–H groups in total. The number of nitrogens with one attached hydrogen (secondary N) is 1. The van der Waals surface area contributed by atoms with Crippen molar-refractivity contribution in [1.29, 1.82) is 0 Å². The molecule has 0 aliphatic rings. The molecule has 0 spiro atoms. The smallest absolute Gasteiger partial charge is 0.227 e. The van der Waals surface area contributed by atoms with Gasteiger partial charge >= 0.3 is 0 Å². The van der Waals surface area contributed by atoms with Gasteiger partial charge in [0.05, 0.1) is 18.7 Å². The van der Waals surface area contributed by atoms with E-state index in [1.165, 1.54) is 0 Å². The maximum absolute atomic E-state index is 11.8. The quantitative estimate of drug-likeness (QED) is 0.650. The SMILES string of the molecule is Nc1cccc(OCCC(=O)Nc2cccnc2Br)c1. The lowest BCUT2D eigenvalue weighted by atomic mass is 10.3. The van der Waals surface area contributed by atoms with E-state index in [2.05, 4.69) is 26.2 Å². The molecule has 0 saturated carbocycles. The molecular formula is C14H14BrN3O2. The van der Waals surface area contributed by atoms with Crippen LogP contribution in [0.25, 0.3) is 0 Å². The van der Waals surface area contributed by atoms with Crippen molar-refractivity contribution in [2.45, 2.75) is 6.42 Å². The number of nitrogens with two attached hydrogens (primary N) is 1. The Hall–Kier alpha value is -2.08. The number of rotatable bonds is 5. The van der Waals surface area contributed by atoms with Crippen molar-refractivity contribution in [2.75, 3.05) is 17.7 Å².